The highest BCUT2D eigenvalue weighted by molar-refractivity contribution is 7.98. The van der Waals surface area contributed by atoms with Gasteiger partial charge in [-0.05, 0) is 36.6 Å². The average Bonchev–Trinajstić information content (AvgIpc) is 2.36. The van der Waals surface area contributed by atoms with Crippen LogP contribution in [0, 0.1) is 5.82 Å². The second kappa shape index (κ2) is 7.26. The smallest absolute Gasteiger partial charge is 0.321 e. The number of hydrogen-bond acceptors (Lipinski definition) is 4. The van der Waals surface area contributed by atoms with Gasteiger partial charge in [0, 0.05) is 0 Å². The third kappa shape index (κ3) is 4.62. The molecule has 0 heterocycles. The lowest BCUT2D eigenvalue weighted by Crippen LogP contribution is -2.41. The third-order valence-corrected chi connectivity index (χ3v) is 4.99. The fourth-order valence-corrected chi connectivity index (χ4v) is 3.61. The minimum Gasteiger partial charge on any atom is -0.480 e. The number of sulfonamides is 1. The zero-order valence-electron chi connectivity index (χ0n) is 10.5. The normalized spacial score (nSPS) is 13.2. The molecule has 0 amide bonds. The molecular weight excluding hydrogens is 329 g/mol. The van der Waals surface area contributed by atoms with Crippen molar-refractivity contribution in [3.05, 3.63) is 29.0 Å². The van der Waals surface area contributed by atoms with Crippen molar-refractivity contribution in [2.45, 2.75) is 17.4 Å². The molecule has 0 aliphatic carbocycles. The first-order valence-corrected chi connectivity index (χ1v) is 8.72. The molecule has 2 N–H and O–H groups in total. The fraction of sp³-hybridized carbons (Fsp3) is 0.364. The molecule has 0 aliphatic rings. The predicted molar refractivity (Wildman–Crippen MR) is 76.2 cm³/mol. The molecule has 0 bridgehead atoms. The van der Waals surface area contributed by atoms with E-state index in [4.69, 9.17) is 16.7 Å². The zero-order valence-corrected chi connectivity index (χ0v) is 12.9. The Hall–Kier alpha value is -0.830. The van der Waals surface area contributed by atoms with Gasteiger partial charge in [0.05, 0.1) is 5.02 Å². The van der Waals surface area contributed by atoms with Crippen molar-refractivity contribution in [2.24, 2.45) is 0 Å². The Morgan fingerprint density at radius 2 is 2.20 bits per heavy atom. The van der Waals surface area contributed by atoms with Gasteiger partial charge in [-0.2, -0.15) is 16.5 Å². The van der Waals surface area contributed by atoms with Crippen LogP contribution in [-0.4, -0.2) is 37.5 Å². The van der Waals surface area contributed by atoms with E-state index in [-0.39, 0.29) is 11.4 Å². The van der Waals surface area contributed by atoms with E-state index in [1.165, 1.54) is 11.8 Å². The van der Waals surface area contributed by atoms with Gasteiger partial charge in [-0.15, -0.1) is 0 Å². The van der Waals surface area contributed by atoms with Crippen molar-refractivity contribution >= 4 is 39.4 Å². The second-order valence-electron chi connectivity index (χ2n) is 3.87. The predicted octanol–water partition coefficient (Wildman–Crippen LogP) is 1.96. The van der Waals surface area contributed by atoms with E-state index in [1.54, 1.807) is 6.26 Å². The van der Waals surface area contributed by atoms with Crippen LogP contribution in [-0.2, 0) is 14.8 Å². The van der Waals surface area contributed by atoms with Gasteiger partial charge < -0.3 is 5.11 Å². The van der Waals surface area contributed by atoms with Crippen molar-refractivity contribution in [3.8, 4) is 0 Å². The van der Waals surface area contributed by atoms with Gasteiger partial charge in [-0.3, -0.25) is 4.79 Å². The standard InChI is InChI=1S/C11H13ClFNO4S2/c1-19-5-4-9(11(15)16)14-20(17,18)10-6-7(13)2-3-8(10)12/h2-3,6,9,14H,4-5H2,1H3,(H,15,16)/t9-/m1/s1. The molecule has 112 valence electrons. The number of benzene rings is 1. The van der Waals surface area contributed by atoms with Crippen LogP contribution in [0.5, 0.6) is 0 Å². The summed E-state index contributed by atoms with van der Waals surface area (Å²) in [4.78, 5) is 10.5. The Bertz CT molecular complexity index is 594. The van der Waals surface area contributed by atoms with E-state index in [0.717, 1.165) is 18.2 Å². The average molecular weight is 342 g/mol. The van der Waals surface area contributed by atoms with Crippen molar-refractivity contribution in [3.63, 3.8) is 0 Å². The van der Waals surface area contributed by atoms with Crippen molar-refractivity contribution in [2.75, 3.05) is 12.0 Å². The first-order chi connectivity index (χ1) is 9.27. The van der Waals surface area contributed by atoms with Crippen LogP contribution in [0.25, 0.3) is 0 Å². The Morgan fingerprint density at radius 3 is 2.75 bits per heavy atom. The SMILES string of the molecule is CSCC[C@@H](NS(=O)(=O)c1cc(F)ccc1Cl)C(=O)O. The first kappa shape index (κ1) is 17.2. The van der Waals surface area contributed by atoms with E-state index in [0.29, 0.717) is 5.75 Å². The van der Waals surface area contributed by atoms with Gasteiger partial charge >= 0.3 is 5.97 Å². The molecule has 9 heteroatoms. The molecule has 1 rings (SSSR count). The lowest BCUT2D eigenvalue weighted by molar-refractivity contribution is -0.139. The maximum atomic E-state index is 13.1. The van der Waals surface area contributed by atoms with E-state index >= 15 is 0 Å². The number of aliphatic carboxylic acids is 1. The molecule has 1 aromatic rings. The van der Waals surface area contributed by atoms with E-state index in [9.17, 15) is 17.6 Å². The topological polar surface area (TPSA) is 83.5 Å². The van der Waals surface area contributed by atoms with Crippen LogP contribution in [0.15, 0.2) is 23.1 Å². The lowest BCUT2D eigenvalue weighted by Gasteiger charge is -2.15. The number of hydrogen-bond donors (Lipinski definition) is 2. The summed E-state index contributed by atoms with van der Waals surface area (Å²) in [5, 5.41) is 8.82. The minimum absolute atomic E-state index is 0.114. The van der Waals surface area contributed by atoms with Crippen LogP contribution >= 0.6 is 23.4 Å². The molecule has 20 heavy (non-hydrogen) atoms. The molecule has 5 nitrogen and oxygen atoms in total. The van der Waals surface area contributed by atoms with Gasteiger partial charge in [0.25, 0.3) is 0 Å². The van der Waals surface area contributed by atoms with Gasteiger partial charge in [0.15, 0.2) is 0 Å². The number of halogens is 2. The maximum absolute atomic E-state index is 13.1. The van der Waals surface area contributed by atoms with Crippen molar-refractivity contribution < 1.29 is 22.7 Å². The summed E-state index contributed by atoms with van der Waals surface area (Å²) in [6.07, 6.45) is 1.89. The second-order valence-corrected chi connectivity index (χ2v) is 6.94. The molecule has 0 spiro atoms. The highest BCUT2D eigenvalue weighted by atomic mass is 35.5. The third-order valence-electron chi connectivity index (χ3n) is 2.39. The highest BCUT2D eigenvalue weighted by Gasteiger charge is 2.26. The molecule has 0 saturated heterocycles. The van der Waals surface area contributed by atoms with Gasteiger partial charge in [0.1, 0.15) is 16.8 Å². The summed E-state index contributed by atoms with van der Waals surface area (Å²) in [5.41, 5.74) is 0. The maximum Gasteiger partial charge on any atom is 0.321 e. The fourth-order valence-electron chi connectivity index (χ4n) is 1.40. The molecule has 1 atom stereocenters. The molecule has 0 fully saturated rings. The summed E-state index contributed by atoms with van der Waals surface area (Å²) in [7, 11) is -4.20. The summed E-state index contributed by atoms with van der Waals surface area (Å²) >= 11 is 7.10. The Morgan fingerprint density at radius 1 is 1.55 bits per heavy atom. The van der Waals surface area contributed by atoms with Crippen LogP contribution in [0.2, 0.25) is 5.02 Å². The summed E-state index contributed by atoms with van der Waals surface area (Å²) in [5.74, 6) is -1.60. The molecule has 1 aromatic carbocycles. The molecular formula is C11H13ClFNO4S2. The van der Waals surface area contributed by atoms with Crippen LogP contribution in [0.4, 0.5) is 4.39 Å². The number of carbonyl (C=O) groups is 1. The summed E-state index contributed by atoms with van der Waals surface area (Å²) in [6, 6.07) is 1.58. The molecule has 0 saturated carbocycles. The van der Waals surface area contributed by atoms with Crippen LogP contribution in [0.1, 0.15) is 6.42 Å². The number of carboxylic acid groups (broad SMARTS) is 1. The number of thioether (sulfide) groups is 1. The van der Waals surface area contributed by atoms with Crippen LogP contribution in [0.3, 0.4) is 0 Å². The van der Waals surface area contributed by atoms with Gasteiger partial charge in [0.2, 0.25) is 10.0 Å². The minimum atomic E-state index is -4.20. The van der Waals surface area contributed by atoms with Gasteiger partial charge in [-0.25, -0.2) is 12.8 Å². The van der Waals surface area contributed by atoms with Crippen molar-refractivity contribution in [1.82, 2.24) is 4.72 Å². The Kier molecular flexibility index (Phi) is 6.25. The van der Waals surface area contributed by atoms with Crippen LogP contribution < -0.4 is 4.72 Å². The highest BCUT2D eigenvalue weighted by Crippen LogP contribution is 2.22. The van der Waals surface area contributed by atoms with Crippen molar-refractivity contribution in [1.29, 1.82) is 0 Å². The first-order valence-electron chi connectivity index (χ1n) is 5.47. The zero-order chi connectivity index (χ0) is 15.3. The Balaban J connectivity index is 3.03. The molecule has 0 unspecified atom stereocenters. The largest absolute Gasteiger partial charge is 0.480 e. The number of nitrogens with one attached hydrogen (secondary N) is 1. The number of carboxylic acids is 1. The monoisotopic (exact) mass is 341 g/mol. The van der Waals surface area contributed by atoms with Gasteiger partial charge in [-0.1, -0.05) is 11.6 Å². The quantitative estimate of drug-likeness (QED) is 0.792. The lowest BCUT2D eigenvalue weighted by atomic mass is 10.2. The number of rotatable bonds is 7. The summed E-state index contributed by atoms with van der Waals surface area (Å²) < 4.78 is 39.2. The van der Waals surface area contributed by atoms with E-state index in [1.807, 2.05) is 4.72 Å². The van der Waals surface area contributed by atoms with E-state index in [2.05, 4.69) is 0 Å². The molecule has 0 aromatic heterocycles. The Labute approximate surface area is 125 Å². The molecule has 0 aliphatic heterocycles. The molecule has 0 radical (unpaired) electrons. The summed E-state index contributed by atoms with van der Waals surface area (Å²) in [6.45, 7) is 0. The van der Waals surface area contributed by atoms with E-state index < -0.39 is 32.7 Å².